The van der Waals surface area contributed by atoms with Gasteiger partial charge in [-0.25, -0.2) is 0 Å². The lowest BCUT2D eigenvalue weighted by Gasteiger charge is -2.28. The van der Waals surface area contributed by atoms with Crippen molar-refractivity contribution in [3.05, 3.63) is 0 Å². The van der Waals surface area contributed by atoms with E-state index in [1.165, 1.54) is 57.8 Å². The first-order chi connectivity index (χ1) is 9.57. The molecule has 2 nitrogen and oxygen atoms in total. The zero-order valence-electron chi connectivity index (χ0n) is 14.3. The van der Waals surface area contributed by atoms with Crippen LogP contribution in [0.25, 0.3) is 0 Å². The van der Waals surface area contributed by atoms with Gasteiger partial charge in [-0.15, -0.1) is 0 Å². The zero-order valence-corrected chi connectivity index (χ0v) is 14.3. The van der Waals surface area contributed by atoms with Gasteiger partial charge in [-0.1, -0.05) is 45.4 Å². The fourth-order valence-electron chi connectivity index (χ4n) is 3.28. The topological polar surface area (TPSA) is 21.3 Å². The third-order valence-corrected chi connectivity index (χ3v) is 4.92. The molecule has 0 aromatic rings. The second-order valence-corrected chi connectivity index (χ2v) is 7.25. The number of hydrogen-bond donors (Lipinski definition) is 1. The molecule has 0 radical (unpaired) electrons. The summed E-state index contributed by atoms with van der Waals surface area (Å²) in [6.45, 7) is 7.82. The highest BCUT2D eigenvalue weighted by Crippen LogP contribution is 2.28. The molecule has 1 aliphatic carbocycles. The summed E-state index contributed by atoms with van der Waals surface area (Å²) in [6.07, 6.45) is 13.7. The molecule has 1 rings (SSSR count). The van der Waals surface area contributed by atoms with Crippen molar-refractivity contribution in [2.24, 2.45) is 5.92 Å². The molecule has 1 aliphatic rings. The van der Waals surface area contributed by atoms with Gasteiger partial charge in [-0.3, -0.25) is 0 Å². The summed E-state index contributed by atoms with van der Waals surface area (Å²) < 4.78 is 5.57. The summed E-state index contributed by atoms with van der Waals surface area (Å²) in [5, 5.41) is 3.78. The molecule has 20 heavy (non-hydrogen) atoms. The molecule has 0 aromatic heterocycles. The van der Waals surface area contributed by atoms with Crippen LogP contribution in [0.15, 0.2) is 0 Å². The summed E-state index contributed by atoms with van der Waals surface area (Å²) in [5.41, 5.74) is 0.0234. The molecule has 1 fully saturated rings. The Bertz CT molecular complexity index is 232. The Morgan fingerprint density at radius 1 is 1.15 bits per heavy atom. The van der Waals surface area contributed by atoms with Gasteiger partial charge in [0.05, 0.1) is 5.60 Å². The molecular formula is C18H37NO. The molecular weight excluding hydrogens is 246 g/mol. The van der Waals surface area contributed by atoms with E-state index in [-0.39, 0.29) is 5.60 Å². The first kappa shape index (κ1) is 18.0. The smallest absolute Gasteiger partial charge is 0.0623 e. The van der Waals surface area contributed by atoms with Gasteiger partial charge in [0, 0.05) is 13.2 Å². The maximum Gasteiger partial charge on any atom is 0.0623 e. The normalized spacial score (nSPS) is 19.8. The largest absolute Gasteiger partial charge is 0.379 e. The van der Waals surface area contributed by atoms with Gasteiger partial charge in [-0.2, -0.15) is 0 Å². The Morgan fingerprint density at radius 2 is 1.80 bits per heavy atom. The van der Waals surface area contributed by atoms with Crippen molar-refractivity contribution < 1.29 is 4.74 Å². The van der Waals surface area contributed by atoms with Crippen molar-refractivity contribution in [1.82, 2.24) is 5.32 Å². The van der Waals surface area contributed by atoms with E-state index >= 15 is 0 Å². The SMILES string of the molecule is CCCNC(CCC(C)(C)OC)CC1CCCCCC1. The van der Waals surface area contributed by atoms with Crippen LogP contribution in [0.5, 0.6) is 0 Å². The van der Waals surface area contributed by atoms with E-state index in [9.17, 15) is 0 Å². The zero-order chi connectivity index (χ0) is 14.8. The van der Waals surface area contributed by atoms with Gasteiger partial charge >= 0.3 is 0 Å². The van der Waals surface area contributed by atoms with Crippen molar-refractivity contribution in [2.75, 3.05) is 13.7 Å². The molecule has 0 saturated heterocycles. The second kappa shape index (κ2) is 9.78. The van der Waals surface area contributed by atoms with Crippen LogP contribution in [0.4, 0.5) is 0 Å². The third kappa shape index (κ3) is 7.64. The minimum absolute atomic E-state index is 0.0234. The highest BCUT2D eigenvalue weighted by molar-refractivity contribution is 4.78. The lowest BCUT2D eigenvalue weighted by molar-refractivity contribution is 0.0111. The van der Waals surface area contributed by atoms with Crippen LogP contribution in [0, 0.1) is 5.92 Å². The maximum absolute atomic E-state index is 5.57. The fourth-order valence-corrected chi connectivity index (χ4v) is 3.28. The standard InChI is InChI=1S/C18H37NO/c1-5-14-19-17(12-13-18(2,3)20-4)15-16-10-8-6-7-9-11-16/h16-17,19H,5-15H2,1-4H3. The molecule has 0 aliphatic heterocycles. The molecule has 1 N–H and O–H groups in total. The summed E-state index contributed by atoms with van der Waals surface area (Å²) in [6, 6.07) is 0.687. The van der Waals surface area contributed by atoms with Gasteiger partial charge < -0.3 is 10.1 Å². The summed E-state index contributed by atoms with van der Waals surface area (Å²) in [5.74, 6) is 0.956. The van der Waals surface area contributed by atoms with Gasteiger partial charge in [0.15, 0.2) is 0 Å². The predicted molar refractivity (Wildman–Crippen MR) is 88.2 cm³/mol. The van der Waals surface area contributed by atoms with E-state index in [1.807, 2.05) is 7.11 Å². The van der Waals surface area contributed by atoms with E-state index in [2.05, 4.69) is 26.1 Å². The van der Waals surface area contributed by atoms with E-state index in [4.69, 9.17) is 4.74 Å². The van der Waals surface area contributed by atoms with Crippen molar-refractivity contribution in [3.63, 3.8) is 0 Å². The second-order valence-electron chi connectivity index (χ2n) is 7.25. The first-order valence-corrected chi connectivity index (χ1v) is 8.86. The summed E-state index contributed by atoms with van der Waals surface area (Å²) in [4.78, 5) is 0. The van der Waals surface area contributed by atoms with Gasteiger partial charge in [0.1, 0.15) is 0 Å². The molecule has 0 amide bonds. The van der Waals surface area contributed by atoms with Gasteiger partial charge in [0.2, 0.25) is 0 Å². The molecule has 1 saturated carbocycles. The molecule has 0 bridgehead atoms. The molecule has 1 unspecified atom stereocenters. The summed E-state index contributed by atoms with van der Waals surface area (Å²) in [7, 11) is 1.83. The van der Waals surface area contributed by atoms with Crippen molar-refractivity contribution in [2.45, 2.75) is 96.6 Å². The third-order valence-electron chi connectivity index (χ3n) is 4.92. The van der Waals surface area contributed by atoms with E-state index < -0.39 is 0 Å². The van der Waals surface area contributed by atoms with Crippen molar-refractivity contribution >= 4 is 0 Å². The fraction of sp³-hybridized carbons (Fsp3) is 1.00. The minimum Gasteiger partial charge on any atom is -0.379 e. The average molecular weight is 284 g/mol. The maximum atomic E-state index is 5.57. The minimum atomic E-state index is 0.0234. The number of hydrogen-bond acceptors (Lipinski definition) is 2. The monoisotopic (exact) mass is 283 g/mol. The average Bonchev–Trinajstić information content (AvgIpc) is 2.70. The van der Waals surface area contributed by atoms with Crippen LogP contribution >= 0.6 is 0 Å². The Balaban J connectivity index is 2.41. The number of nitrogens with one attached hydrogen (secondary N) is 1. The Kier molecular flexibility index (Phi) is 8.79. The van der Waals surface area contributed by atoms with Gasteiger partial charge in [0.25, 0.3) is 0 Å². The number of methoxy groups -OCH3 is 1. The molecule has 2 heteroatoms. The number of rotatable bonds is 9. The van der Waals surface area contributed by atoms with Crippen molar-refractivity contribution in [3.8, 4) is 0 Å². The lowest BCUT2D eigenvalue weighted by Crippen LogP contribution is -2.34. The molecule has 120 valence electrons. The number of ether oxygens (including phenoxy) is 1. The highest BCUT2D eigenvalue weighted by Gasteiger charge is 2.22. The molecule has 1 atom stereocenters. The van der Waals surface area contributed by atoms with E-state index in [1.54, 1.807) is 0 Å². The quantitative estimate of drug-likeness (QED) is 0.606. The van der Waals surface area contributed by atoms with E-state index in [0.29, 0.717) is 6.04 Å². The molecule has 0 spiro atoms. The van der Waals surface area contributed by atoms with Crippen LogP contribution < -0.4 is 5.32 Å². The van der Waals surface area contributed by atoms with Crippen LogP contribution in [0.3, 0.4) is 0 Å². The van der Waals surface area contributed by atoms with Crippen LogP contribution in [0.2, 0.25) is 0 Å². The van der Waals surface area contributed by atoms with Gasteiger partial charge in [-0.05, 0) is 52.0 Å². The van der Waals surface area contributed by atoms with Crippen LogP contribution in [-0.4, -0.2) is 25.3 Å². The van der Waals surface area contributed by atoms with Crippen molar-refractivity contribution in [1.29, 1.82) is 0 Å². The molecule has 0 heterocycles. The Labute approximate surface area is 127 Å². The highest BCUT2D eigenvalue weighted by atomic mass is 16.5. The van der Waals surface area contributed by atoms with Crippen LogP contribution in [-0.2, 0) is 4.74 Å². The lowest BCUT2D eigenvalue weighted by atomic mass is 9.88. The molecule has 0 aromatic carbocycles. The van der Waals surface area contributed by atoms with E-state index in [0.717, 1.165) is 18.9 Å². The van der Waals surface area contributed by atoms with Crippen LogP contribution in [0.1, 0.15) is 85.0 Å². The predicted octanol–water partition coefficient (Wildman–Crippen LogP) is 4.92. The Hall–Kier alpha value is -0.0800. The first-order valence-electron chi connectivity index (χ1n) is 8.86. The summed E-state index contributed by atoms with van der Waals surface area (Å²) >= 11 is 0. The Morgan fingerprint density at radius 3 is 2.35 bits per heavy atom.